The predicted octanol–water partition coefficient (Wildman–Crippen LogP) is 4.84. The van der Waals surface area contributed by atoms with Crippen molar-refractivity contribution in [2.45, 2.75) is 25.3 Å². The first-order valence-corrected chi connectivity index (χ1v) is 9.39. The summed E-state index contributed by atoms with van der Waals surface area (Å²) < 4.78 is 10.9. The number of benzene rings is 2. The van der Waals surface area contributed by atoms with E-state index in [1.165, 1.54) is 0 Å². The minimum absolute atomic E-state index is 0.176. The van der Waals surface area contributed by atoms with Crippen molar-refractivity contribution in [3.05, 3.63) is 71.1 Å². The third kappa shape index (κ3) is 4.26. The fraction of sp³-hybridized carbons (Fsp3) is 0.200. The molecule has 6 heteroatoms. The van der Waals surface area contributed by atoms with E-state index >= 15 is 0 Å². The summed E-state index contributed by atoms with van der Waals surface area (Å²) in [5.41, 5.74) is 3.03. The van der Waals surface area contributed by atoms with E-state index in [1.807, 2.05) is 50.4 Å². The van der Waals surface area contributed by atoms with Crippen molar-refractivity contribution in [3.63, 3.8) is 0 Å². The molecule has 0 atom stereocenters. The normalized spacial score (nSPS) is 10.6. The van der Waals surface area contributed by atoms with E-state index in [0.717, 1.165) is 27.6 Å². The maximum absolute atomic E-state index is 12.5. The van der Waals surface area contributed by atoms with E-state index in [9.17, 15) is 4.79 Å². The van der Waals surface area contributed by atoms with E-state index in [4.69, 9.17) is 9.26 Å². The highest BCUT2D eigenvalue weighted by Gasteiger charge is 2.11. The van der Waals surface area contributed by atoms with Crippen LogP contribution in [0.2, 0.25) is 0 Å². The smallest absolute Gasteiger partial charge is 0.255 e. The second-order valence-electron chi connectivity index (χ2n) is 5.80. The Morgan fingerprint density at radius 1 is 1.19 bits per heavy atom. The molecule has 0 unspecified atom stereocenters. The van der Waals surface area contributed by atoms with Crippen LogP contribution in [0, 0.1) is 13.8 Å². The molecule has 0 aliphatic heterocycles. The predicted molar refractivity (Wildman–Crippen MR) is 103 cm³/mol. The molecule has 1 aromatic heterocycles. The maximum Gasteiger partial charge on any atom is 0.255 e. The van der Waals surface area contributed by atoms with E-state index < -0.39 is 0 Å². The van der Waals surface area contributed by atoms with Gasteiger partial charge in [0.25, 0.3) is 5.91 Å². The quantitative estimate of drug-likeness (QED) is 0.631. The van der Waals surface area contributed by atoms with Gasteiger partial charge < -0.3 is 14.6 Å². The second-order valence-corrected chi connectivity index (χ2v) is 6.68. The number of nitrogens with one attached hydrogen (secondary N) is 1. The van der Waals surface area contributed by atoms with Crippen LogP contribution in [-0.2, 0) is 6.61 Å². The van der Waals surface area contributed by atoms with Crippen LogP contribution in [0.15, 0.2) is 57.9 Å². The largest absolute Gasteiger partial charge is 0.489 e. The molecule has 1 heterocycles. The average molecular weight is 368 g/mol. The van der Waals surface area contributed by atoms with Gasteiger partial charge in [0.15, 0.2) is 0 Å². The molecule has 0 fully saturated rings. The summed E-state index contributed by atoms with van der Waals surface area (Å²) in [7, 11) is 0. The number of nitrogens with zero attached hydrogens (tertiary/aromatic N) is 1. The number of carbonyl (C=O) groups is 1. The Bertz CT molecular complexity index is 884. The van der Waals surface area contributed by atoms with Gasteiger partial charge in [0, 0.05) is 16.1 Å². The van der Waals surface area contributed by atoms with Crippen LogP contribution in [0.3, 0.4) is 0 Å². The van der Waals surface area contributed by atoms with Crippen LogP contribution >= 0.6 is 11.8 Å². The Hall–Kier alpha value is -2.73. The molecule has 26 heavy (non-hydrogen) atoms. The topological polar surface area (TPSA) is 64.4 Å². The number of aromatic nitrogens is 1. The highest BCUT2D eigenvalue weighted by atomic mass is 32.2. The van der Waals surface area contributed by atoms with Crippen molar-refractivity contribution in [3.8, 4) is 5.75 Å². The van der Waals surface area contributed by atoms with E-state index in [-0.39, 0.29) is 5.91 Å². The van der Waals surface area contributed by atoms with Gasteiger partial charge in [0.05, 0.1) is 11.3 Å². The number of aryl methyl sites for hydroxylation is 2. The molecule has 134 valence electrons. The third-order valence-corrected chi connectivity index (χ3v) is 4.75. The molecular formula is C20H20N2O3S. The third-order valence-electron chi connectivity index (χ3n) is 4.01. The van der Waals surface area contributed by atoms with Gasteiger partial charge in [0.1, 0.15) is 18.1 Å². The monoisotopic (exact) mass is 368 g/mol. The summed E-state index contributed by atoms with van der Waals surface area (Å²) in [6.45, 7) is 4.08. The van der Waals surface area contributed by atoms with Crippen LogP contribution in [0.1, 0.15) is 27.4 Å². The van der Waals surface area contributed by atoms with Gasteiger partial charge in [-0.2, -0.15) is 0 Å². The number of hydrogen-bond acceptors (Lipinski definition) is 5. The summed E-state index contributed by atoms with van der Waals surface area (Å²) in [4.78, 5) is 13.6. The molecule has 2 aromatic carbocycles. The van der Waals surface area contributed by atoms with Crippen molar-refractivity contribution in [2.24, 2.45) is 0 Å². The molecule has 1 amide bonds. The van der Waals surface area contributed by atoms with Crippen molar-refractivity contribution >= 4 is 23.4 Å². The van der Waals surface area contributed by atoms with Gasteiger partial charge in [-0.15, -0.1) is 11.8 Å². The number of thioether (sulfide) groups is 1. The van der Waals surface area contributed by atoms with E-state index in [2.05, 4.69) is 10.5 Å². The minimum Gasteiger partial charge on any atom is -0.489 e. The number of rotatable bonds is 6. The lowest BCUT2D eigenvalue weighted by atomic mass is 10.2. The lowest BCUT2D eigenvalue weighted by Crippen LogP contribution is -2.12. The maximum atomic E-state index is 12.5. The number of amides is 1. The first-order valence-electron chi connectivity index (χ1n) is 8.17. The zero-order valence-corrected chi connectivity index (χ0v) is 15.7. The zero-order valence-electron chi connectivity index (χ0n) is 14.9. The number of ether oxygens (including phenoxy) is 1. The summed E-state index contributed by atoms with van der Waals surface area (Å²) in [6.07, 6.45) is 2.02. The standard InChI is InChI=1S/C20H20N2O3S/c1-13-19(14(2)25-22-13)12-24-17-6-4-5-15(11-17)20(23)21-16-7-9-18(26-3)10-8-16/h4-11H,12H2,1-3H3,(H,21,23). The zero-order chi connectivity index (χ0) is 18.5. The molecule has 0 aliphatic carbocycles. The average Bonchev–Trinajstić information content (AvgIpc) is 2.98. The molecule has 1 N–H and O–H groups in total. The highest BCUT2D eigenvalue weighted by Crippen LogP contribution is 2.21. The lowest BCUT2D eigenvalue weighted by molar-refractivity contribution is 0.102. The highest BCUT2D eigenvalue weighted by molar-refractivity contribution is 7.98. The fourth-order valence-electron chi connectivity index (χ4n) is 2.47. The van der Waals surface area contributed by atoms with E-state index in [0.29, 0.717) is 17.9 Å². The molecule has 0 aliphatic rings. The fourth-order valence-corrected chi connectivity index (χ4v) is 2.88. The number of anilines is 1. The second kappa shape index (κ2) is 8.10. The summed E-state index contributed by atoms with van der Waals surface area (Å²) in [5.74, 6) is 1.19. The van der Waals surface area contributed by atoms with Crippen LogP contribution in [0.4, 0.5) is 5.69 Å². The lowest BCUT2D eigenvalue weighted by Gasteiger charge is -2.09. The van der Waals surface area contributed by atoms with Gasteiger partial charge in [-0.05, 0) is 62.6 Å². The molecule has 0 saturated carbocycles. The molecule has 0 bridgehead atoms. The number of carbonyl (C=O) groups excluding carboxylic acids is 1. The number of hydrogen-bond donors (Lipinski definition) is 1. The van der Waals surface area contributed by atoms with Gasteiger partial charge in [0.2, 0.25) is 0 Å². The SMILES string of the molecule is CSc1ccc(NC(=O)c2cccc(OCc3c(C)noc3C)c2)cc1. The summed E-state index contributed by atoms with van der Waals surface area (Å²) in [6, 6.07) is 14.8. The molecule has 0 radical (unpaired) electrons. The van der Waals surface area contributed by atoms with Gasteiger partial charge in [-0.3, -0.25) is 4.79 Å². The Kier molecular flexibility index (Phi) is 5.63. The summed E-state index contributed by atoms with van der Waals surface area (Å²) >= 11 is 1.66. The molecular weight excluding hydrogens is 348 g/mol. The molecule has 5 nitrogen and oxygen atoms in total. The Labute approximate surface area is 156 Å². The van der Waals surface area contributed by atoms with Crippen LogP contribution in [0.5, 0.6) is 5.75 Å². The molecule has 0 spiro atoms. The van der Waals surface area contributed by atoms with Crippen molar-refractivity contribution < 1.29 is 14.1 Å². The van der Waals surface area contributed by atoms with Gasteiger partial charge in [-0.25, -0.2) is 0 Å². The summed E-state index contributed by atoms with van der Waals surface area (Å²) in [5, 5.41) is 6.81. The van der Waals surface area contributed by atoms with Crippen molar-refractivity contribution in [2.75, 3.05) is 11.6 Å². The Morgan fingerprint density at radius 2 is 1.96 bits per heavy atom. The molecule has 3 aromatic rings. The Morgan fingerprint density at radius 3 is 2.62 bits per heavy atom. The van der Waals surface area contributed by atoms with Crippen LogP contribution < -0.4 is 10.1 Å². The molecule has 3 rings (SSSR count). The first-order chi connectivity index (χ1) is 12.6. The van der Waals surface area contributed by atoms with Crippen LogP contribution in [-0.4, -0.2) is 17.3 Å². The first kappa shape index (κ1) is 18.1. The molecule has 0 saturated heterocycles. The van der Waals surface area contributed by atoms with Crippen LogP contribution in [0.25, 0.3) is 0 Å². The minimum atomic E-state index is -0.176. The Balaban J connectivity index is 1.66. The van der Waals surface area contributed by atoms with Gasteiger partial charge in [-0.1, -0.05) is 11.2 Å². The van der Waals surface area contributed by atoms with E-state index in [1.54, 1.807) is 30.0 Å². The van der Waals surface area contributed by atoms with Crippen molar-refractivity contribution in [1.29, 1.82) is 0 Å². The van der Waals surface area contributed by atoms with Crippen molar-refractivity contribution in [1.82, 2.24) is 5.16 Å². The van der Waals surface area contributed by atoms with Gasteiger partial charge >= 0.3 is 0 Å².